The molecule has 0 spiro atoms. The van der Waals surface area contributed by atoms with Crippen LogP contribution in [0.15, 0.2) is 183 Å². The topological polar surface area (TPSA) is 63.0 Å². The second-order valence-electron chi connectivity index (χ2n) is 13.4. The van der Waals surface area contributed by atoms with Gasteiger partial charge in [-0.15, -0.1) is 0 Å². The van der Waals surface area contributed by atoms with Crippen LogP contribution in [0.2, 0.25) is 0 Å². The van der Waals surface area contributed by atoms with Crippen LogP contribution < -0.4 is 5.32 Å². The number of hydrogen-bond donors (Lipinski definition) is 1. The van der Waals surface area contributed by atoms with E-state index < -0.39 is 0 Å². The van der Waals surface area contributed by atoms with Gasteiger partial charge in [0.05, 0.1) is 0 Å². The molecule has 52 heavy (non-hydrogen) atoms. The van der Waals surface area contributed by atoms with E-state index in [9.17, 15) is 0 Å². The Morgan fingerprint density at radius 2 is 1.13 bits per heavy atom. The molecular weight excluding hydrogens is 639 g/mol. The summed E-state index contributed by atoms with van der Waals surface area (Å²) < 4.78 is 12.7. The van der Waals surface area contributed by atoms with Gasteiger partial charge in [-0.05, 0) is 80.7 Å². The monoisotopic (exact) mass is 667 g/mol. The van der Waals surface area contributed by atoms with Crippen molar-refractivity contribution in [1.29, 1.82) is 0 Å². The van der Waals surface area contributed by atoms with Gasteiger partial charge in [0.25, 0.3) is 0 Å². The third-order valence-corrected chi connectivity index (χ3v) is 10.3. The van der Waals surface area contributed by atoms with E-state index >= 15 is 0 Å². The van der Waals surface area contributed by atoms with Gasteiger partial charge in [0.2, 0.25) is 0 Å². The van der Waals surface area contributed by atoms with Crippen molar-refractivity contribution in [3.8, 4) is 11.1 Å². The fourth-order valence-corrected chi connectivity index (χ4v) is 7.77. The predicted octanol–water partition coefficient (Wildman–Crippen LogP) is 12.0. The molecule has 1 unspecified atom stereocenters. The lowest BCUT2D eigenvalue weighted by molar-refractivity contribution is 0.668. The highest BCUT2D eigenvalue weighted by Crippen LogP contribution is 2.38. The molecule has 1 atom stereocenters. The second-order valence-corrected chi connectivity index (χ2v) is 13.4. The standard InChI is InChI=1S/C47H29N3O2/c1-2-10-30(11-3-1)45-48-46(33-20-19-29-18-17-28-9-4-5-12-34(28)38(29)26-33)50-47(49-45)37-14-8-16-42-44(37)39-25-31(22-24-41(39)51-42)32-21-23-36-35-13-6-7-15-40(35)52-43(36)27-32/h1-27,46H,(H,48,49,50). The minimum absolute atomic E-state index is 0.356. The number of hydrogen-bond acceptors (Lipinski definition) is 5. The number of furan rings is 2. The first-order valence-electron chi connectivity index (χ1n) is 17.5. The molecule has 2 aromatic heterocycles. The van der Waals surface area contributed by atoms with Gasteiger partial charge >= 0.3 is 0 Å². The highest BCUT2D eigenvalue weighted by atomic mass is 16.3. The van der Waals surface area contributed by atoms with E-state index in [1.165, 1.54) is 21.5 Å². The minimum atomic E-state index is -0.356. The van der Waals surface area contributed by atoms with E-state index in [-0.39, 0.29) is 6.17 Å². The fraction of sp³-hybridized carbons (Fsp3) is 0.0213. The van der Waals surface area contributed by atoms with Crippen LogP contribution in [0.3, 0.4) is 0 Å². The van der Waals surface area contributed by atoms with Crippen molar-refractivity contribution in [3.63, 3.8) is 0 Å². The Morgan fingerprint density at radius 1 is 0.442 bits per heavy atom. The zero-order chi connectivity index (χ0) is 34.2. The highest BCUT2D eigenvalue weighted by Gasteiger charge is 2.24. The molecule has 0 bridgehead atoms. The van der Waals surface area contributed by atoms with Gasteiger partial charge < -0.3 is 14.2 Å². The molecule has 5 heteroatoms. The lowest BCUT2D eigenvalue weighted by atomic mass is 9.98. The van der Waals surface area contributed by atoms with E-state index in [0.29, 0.717) is 5.84 Å². The van der Waals surface area contributed by atoms with Gasteiger partial charge in [-0.25, -0.2) is 9.98 Å². The third kappa shape index (κ3) is 4.56. The highest BCUT2D eigenvalue weighted by molar-refractivity contribution is 6.22. The first-order valence-corrected chi connectivity index (χ1v) is 17.5. The molecule has 1 N–H and O–H groups in total. The Hall–Kier alpha value is -6.98. The number of nitrogens with one attached hydrogen (secondary N) is 1. The molecular formula is C47H29N3O2. The van der Waals surface area contributed by atoms with Crippen molar-refractivity contribution in [2.24, 2.45) is 9.98 Å². The molecule has 1 aliphatic heterocycles. The van der Waals surface area contributed by atoms with Crippen LogP contribution >= 0.6 is 0 Å². The largest absolute Gasteiger partial charge is 0.456 e. The molecule has 8 aromatic carbocycles. The number of aliphatic imine (C=N–C) groups is 2. The zero-order valence-corrected chi connectivity index (χ0v) is 27.9. The Kier molecular flexibility index (Phi) is 6.25. The second kappa shape index (κ2) is 11.3. The summed E-state index contributed by atoms with van der Waals surface area (Å²) in [5, 5.41) is 12.7. The number of amidine groups is 2. The summed E-state index contributed by atoms with van der Waals surface area (Å²) in [6.07, 6.45) is -0.356. The molecule has 0 aliphatic carbocycles. The predicted molar refractivity (Wildman–Crippen MR) is 213 cm³/mol. The van der Waals surface area contributed by atoms with Crippen LogP contribution in [0.4, 0.5) is 0 Å². The van der Waals surface area contributed by atoms with E-state index in [0.717, 1.165) is 77.5 Å². The van der Waals surface area contributed by atoms with Gasteiger partial charge in [0.1, 0.15) is 34.3 Å². The Morgan fingerprint density at radius 3 is 2.06 bits per heavy atom. The van der Waals surface area contributed by atoms with Crippen molar-refractivity contribution in [2.45, 2.75) is 6.17 Å². The molecule has 0 fully saturated rings. The van der Waals surface area contributed by atoms with Crippen LogP contribution in [0.1, 0.15) is 22.9 Å². The molecule has 10 aromatic rings. The average molecular weight is 668 g/mol. The van der Waals surface area contributed by atoms with Gasteiger partial charge in [-0.2, -0.15) is 0 Å². The third-order valence-electron chi connectivity index (χ3n) is 10.3. The van der Waals surface area contributed by atoms with Crippen LogP contribution in [0.25, 0.3) is 76.5 Å². The van der Waals surface area contributed by atoms with E-state index in [1.54, 1.807) is 0 Å². The number of nitrogens with zero attached hydrogens (tertiary/aromatic N) is 2. The minimum Gasteiger partial charge on any atom is -0.456 e. The summed E-state index contributed by atoms with van der Waals surface area (Å²) >= 11 is 0. The number of rotatable bonds is 4. The maximum atomic E-state index is 6.46. The summed E-state index contributed by atoms with van der Waals surface area (Å²) in [4.78, 5) is 10.5. The Bertz CT molecular complexity index is 3110. The van der Waals surface area contributed by atoms with Crippen LogP contribution in [-0.4, -0.2) is 11.7 Å². The van der Waals surface area contributed by atoms with Crippen molar-refractivity contribution in [2.75, 3.05) is 0 Å². The summed E-state index contributed by atoms with van der Waals surface area (Å²) in [7, 11) is 0. The van der Waals surface area contributed by atoms with Crippen LogP contribution in [0.5, 0.6) is 0 Å². The van der Waals surface area contributed by atoms with Crippen molar-refractivity contribution in [3.05, 3.63) is 180 Å². The quantitative estimate of drug-likeness (QED) is 0.190. The van der Waals surface area contributed by atoms with Gasteiger partial charge in [-0.3, -0.25) is 0 Å². The van der Waals surface area contributed by atoms with E-state index in [2.05, 4.69) is 121 Å². The maximum Gasteiger partial charge on any atom is 0.160 e. The Balaban J connectivity index is 1.08. The normalized spacial score (nSPS) is 14.7. The molecule has 11 rings (SSSR count). The molecule has 5 nitrogen and oxygen atoms in total. The molecule has 0 amide bonds. The van der Waals surface area contributed by atoms with Gasteiger partial charge in [-0.1, -0.05) is 121 Å². The van der Waals surface area contributed by atoms with Crippen molar-refractivity contribution in [1.82, 2.24) is 5.32 Å². The van der Waals surface area contributed by atoms with Gasteiger partial charge in [0, 0.05) is 32.7 Å². The molecule has 0 saturated heterocycles. The fourth-order valence-electron chi connectivity index (χ4n) is 7.77. The number of para-hydroxylation sites is 1. The van der Waals surface area contributed by atoms with Crippen molar-refractivity contribution < 1.29 is 8.83 Å². The summed E-state index contributed by atoms with van der Waals surface area (Å²) in [6, 6.07) is 57.0. The molecule has 0 saturated carbocycles. The number of benzene rings is 8. The molecule has 3 heterocycles. The SMILES string of the molecule is c1ccc(C2=NC(c3cccc4oc5ccc(-c6ccc7c(c6)oc6ccccc67)cc5c34)=NC(c3ccc4ccc5ccccc5c4c3)N2)cc1. The maximum absolute atomic E-state index is 6.46. The summed E-state index contributed by atoms with van der Waals surface area (Å²) in [5.41, 5.74) is 8.52. The summed E-state index contributed by atoms with van der Waals surface area (Å²) in [5.74, 6) is 1.43. The lowest BCUT2D eigenvalue weighted by Crippen LogP contribution is -2.33. The van der Waals surface area contributed by atoms with E-state index in [4.69, 9.17) is 18.8 Å². The van der Waals surface area contributed by atoms with Crippen LogP contribution in [-0.2, 0) is 0 Å². The first kappa shape index (κ1) is 28.8. The van der Waals surface area contributed by atoms with E-state index in [1.807, 2.05) is 48.5 Å². The summed E-state index contributed by atoms with van der Waals surface area (Å²) in [6.45, 7) is 0. The smallest absolute Gasteiger partial charge is 0.160 e. The molecule has 244 valence electrons. The molecule has 1 aliphatic rings. The van der Waals surface area contributed by atoms with Crippen LogP contribution in [0, 0.1) is 0 Å². The lowest BCUT2D eigenvalue weighted by Gasteiger charge is -2.24. The van der Waals surface area contributed by atoms with Gasteiger partial charge in [0.15, 0.2) is 5.84 Å². The molecule has 0 radical (unpaired) electrons. The first-order chi connectivity index (χ1) is 25.7. The van der Waals surface area contributed by atoms with Crippen molar-refractivity contribution >= 4 is 77.1 Å². The average Bonchev–Trinajstić information content (AvgIpc) is 3.78. The number of fused-ring (bicyclic) bond motifs is 9. The zero-order valence-electron chi connectivity index (χ0n) is 27.9. The Labute approximate surface area is 298 Å².